The SMILES string of the molecule is CC(C)(C)OC(=O)CNC(=O)c1c(O)c2cc(C#N)cc3c2n(c1=O)CC(c1ccc(C#N)cc1)O3. The van der Waals surface area contributed by atoms with Gasteiger partial charge in [-0.1, -0.05) is 12.1 Å². The Kier molecular flexibility index (Phi) is 6.13. The van der Waals surface area contributed by atoms with E-state index in [0.29, 0.717) is 11.1 Å². The van der Waals surface area contributed by atoms with Crippen molar-refractivity contribution in [3.8, 4) is 23.6 Å². The molecular formula is C26H22N4O6. The van der Waals surface area contributed by atoms with Crippen LogP contribution in [0.15, 0.2) is 41.2 Å². The quantitative estimate of drug-likeness (QED) is 0.534. The number of rotatable bonds is 4. The normalized spacial score (nSPS) is 14.3. The zero-order valence-electron chi connectivity index (χ0n) is 19.8. The maximum atomic E-state index is 13.4. The van der Waals surface area contributed by atoms with Crippen LogP contribution >= 0.6 is 0 Å². The van der Waals surface area contributed by atoms with E-state index >= 15 is 0 Å². The smallest absolute Gasteiger partial charge is 0.325 e. The highest BCUT2D eigenvalue weighted by Gasteiger charge is 2.31. The first-order valence-electron chi connectivity index (χ1n) is 11.0. The number of hydrogen-bond acceptors (Lipinski definition) is 8. The minimum atomic E-state index is -0.959. The molecule has 0 radical (unpaired) electrons. The summed E-state index contributed by atoms with van der Waals surface area (Å²) < 4.78 is 12.5. The summed E-state index contributed by atoms with van der Waals surface area (Å²) in [7, 11) is 0. The van der Waals surface area contributed by atoms with E-state index in [0.717, 1.165) is 0 Å². The van der Waals surface area contributed by atoms with E-state index in [9.17, 15) is 24.8 Å². The number of benzene rings is 2. The summed E-state index contributed by atoms with van der Waals surface area (Å²) in [6, 6.07) is 13.5. The van der Waals surface area contributed by atoms with Crippen LogP contribution in [0.3, 0.4) is 0 Å². The van der Waals surface area contributed by atoms with Crippen LogP contribution in [0.25, 0.3) is 10.9 Å². The molecule has 0 spiro atoms. The molecule has 0 bridgehead atoms. The van der Waals surface area contributed by atoms with E-state index in [2.05, 4.69) is 5.32 Å². The third kappa shape index (κ3) is 4.57. The average Bonchev–Trinajstić information content (AvgIpc) is 2.84. The number of aromatic nitrogens is 1. The van der Waals surface area contributed by atoms with Crippen molar-refractivity contribution >= 4 is 22.8 Å². The molecule has 2 heterocycles. The van der Waals surface area contributed by atoms with E-state index in [-0.39, 0.29) is 28.8 Å². The molecule has 0 aliphatic carbocycles. The molecule has 0 fully saturated rings. The van der Waals surface area contributed by atoms with E-state index in [4.69, 9.17) is 14.7 Å². The second-order valence-electron chi connectivity index (χ2n) is 9.23. The first kappa shape index (κ1) is 24.3. The van der Waals surface area contributed by atoms with E-state index in [1.54, 1.807) is 45.0 Å². The monoisotopic (exact) mass is 486 g/mol. The second kappa shape index (κ2) is 9.08. The van der Waals surface area contributed by atoms with Gasteiger partial charge in [-0.25, -0.2) is 0 Å². The Labute approximate surface area is 205 Å². The Morgan fingerprint density at radius 1 is 1.17 bits per heavy atom. The minimum Gasteiger partial charge on any atom is -0.506 e. The number of aromatic hydroxyl groups is 1. The number of nitriles is 2. The Morgan fingerprint density at radius 3 is 2.44 bits per heavy atom. The summed E-state index contributed by atoms with van der Waals surface area (Å²) in [4.78, 5) is 38.4. The van der Waals surface area contributed by atoms with Crippen LogP contribution < -0.4 is 15.6 Å². The molecule has 2 aromatic carbocycles. The lowest BCUT2D eigenvalue weighted by Crippen LogP contribution is -2.39. The molecule has 1 amide bonds. The summed E-state index contributed by atoms with van der Waals surface area (Å²) in [6.07, 6.45) is -0.665. The Bertz CT molecular complexity index is 1540. The number of amides is 1. The zero-order chi connectivity index (χ0) is 26.2. The van der Waals surface area contributed by atoms with E-state index in [1.807, 2.05) is 12.1 Å². The highest BCUT2D eigenvalue weighted by molar-refractivity contribution is 6.04. The van der Waals surface area contributed by atoms with Gasteiger partial charge in [0, 0.05) is 11.5 Å². The van der Waals surface area contributed by atoms with Gasteiger partial charge >= 0.3 is 5.97 Å². The van der Waals surface area contributed by atoms with Crippen LogP contribution in [0.5, 0.6) is 11.5 Å². The lowest BCUT2D eigenvalue weighted by Gasteiger charge is -2.29. The first-order valence-corrected chi connectivity index (χ1v) is 11.0. The summed E-state index contributed by atoms with van der Waals surface area (Å²) in [5.74, 6) is -2.09. The van der Waals surface area contributed by atoms with Gasteiger partial charge in [-0.15, -0.1) is 0 Å². The van der Waals surface area contributed by atoms with Crippen LogP contribution in [0.4, 0.5) is 0 Å². The molecule has 1 atom stereocenters. The number of esters is 1. The maximum Gasteiger partial charge on any atom is 0.325 e. The van der Waals surface area contributed by atoms with Crippen molar-refractivity contribution in [2.24, 2.45) is 0 Å². The maximum absolute atomic E-state index is 13.4. The second-order valence-corrected chi connectivity index (χ2v) is 9.23. The fourth-order valence-electron chi connectivity index (χ4n) is 3.99. The molecule has 182 valence electrons. The number of hydrogen-bond donors (Lipinski definition) is 2. The first-order chi connectivity index (χ1) is 17.0. The molecule has 1 aromatic heterocycles. The molecule has 10 heteroatoms. The molecule has 4 rings (SSSR count). The predicted molar refractivity (Wildman–Crippen MR) is 127 cm³/mol. The predicted octanol–water partition coefficient (Wildman–Crippen LogP) is 2.66. The van der Waals surface area contributed by atoms with Crippen LogP contribution in [-0.2, 0) is 16.1 Å². The van der Waals surface area contributed by atoms with Crippen molar-refractivity contribution in [2.75, 3.05) is 6.54 Å². The Balaban J connectivity index is 1.78. The molecule has 1 aliphatic rings. The number of nitrogens with one attached hydrogen (secondary N) is 1. The van der Waals surface area contributed by atoms with Crippen molar-refractivity contribution in [2.45, 2.75) is 39.0 Å². The number of pyridine rings is 1. The average molecular weight is 486 g/mol. The molecule has 0 saturated carbocycles. The van der Waals surface area contributed by atoms with Gasteiger partial charge < -0.3 is 19.9 Å². The molecule has 3 aromatic rings. The third-order valence-corrected chi connectivity index (χ3v) is 5.49. The van der Waals surface area contributed by atoms with Gasteiger partial charge in [-0.05, 0) is 44.5 Å². The van der Waals surface area contributed by atoms with Crippen molar-refractivity contribution in [3.63, 3.8) is 0 Å². The van der Waals surface area contributed by atoms with Crippen LogP contribution in [0.1, 0.15) is 53.9 Å². The molecule has 1 unspecified atom stereocenters. The summed E-state index contributed by atoms with van der Waals surface area (Å²) in [6.45, 7) is 4.53. The zero-order valence-corrected chi connectivity index (χ0v) is 19.8. The molecular weight excluding hydrogens is 464 g/mol. The molecule has 2 N–H and O–H groups in total. The number of ether oxygens (including phenoxy) is 2. The van der Waals surface area contributed by atoms with Crippen LogP contribution in [-0.4, -0.2) is 33.7 Å². The van der Waals surface area contributed by atoms with Gasteiger partial charge in [-0.2, -0.15) is 10.5 Å². The fourth-order valence-corrected chi connectivity index (χ4v) is 3.99. The fraction of sp³-hybridized carbons (Fsp3) is 0.269. The van der Waals surface area contributed by atoms with Gasteiger partial charge in [0.1, 0.15) is 35.3 Å². The van der Waals surface area contributed by atoms with Crippen molar-refractivity contribution < 1.29 is 24.2 Å². The third-order valence-electron chi connectivity index (χ3n) is 5.49. The Morgan fingerprint density at radius 2 is 1.83 bits per heavy atom. The molecule has 0 saturated heterocycles. The van der Waals surface area contributed by atoms with Gasteiger partial charge in [0.15, 0.2) is 0 Å². The Hall–Kier alpha value is -4.83. The number of carbonyl (C=O) groups excluding carboxylic acids is 2. The highest BCUT2D eigenvalue weighted by atomic mass is 16.6. The lowest BCUT2D eigenvalue weighted by atomic mass is 10.0. The van der Waals surface area contributed by atoms with Crippen molar-refractivity contribution in [3.05, 3.63) is 69.0 Å². The van der Waals surface area contributed by atoms with Gasteiger partial charge in [0.05, 0.1) is 35.3 Å². The van der Waals surface area contributed by atoms with Crippen LogP contribution in [0.2, 0.25) is 0 Å². The molecule has 36 heavy (non-hydrogen) atoms. The topological polar surface area (TPSA) is 154 Å². The van der Waals surface area contributed by atoms with Gasteiger partial charge in [0.25, 0.3) is 11.5 Å². The molecule has 1 aliphatic heterocycles. The minimum absolute atomic E-state index is 0.00671. The summed E-state index contributed by atoms with van der Waals surface area (Å²) in [5, 5.41) is 31.9. The summed E-state index contributed by atoms with van der Waals surface area (Å²) in [5.41, 5.74) is -0.590. The van der Waals surface area contributed by atoms with Gasteiger partial charge in [0.2, 0.25) is 0 Å². The van der Waals surface area contributed by atoms with Gasteiger partial charge in [-0.3, -0.25) is 19.0 Å². The highest BCUT2D eigenvalue weighted by Crippen LogP contribution is 2.39. The molecule has 10 nitrogen and oxygen atoms in total. The largest absolute Gasteiger partial charge is 0.506 e. The van der Waals surface area contributed by atoms with Crippen molar-refractivity contribution in [1.82, 2.24) is 9.88 Å². The van der Waals surface area contributed by atoms with E-state index < -0.39 is 47.0 Å². The van der Waals surface area contributed by atoms with E-state index in [1.165, 1.54) is 16.7 Å². The lowest BCUT2D eigenvalue weighted by molar-refractivity contribution is -0.153. The van der Waals surface area contributed by atoms with Crippen LogP contribution in [0, 0.1) is 22.7 Å². The standard InChI is InChI=1S/C26H22N4O6/c1-26(2,3)36-20(31)12-29-24(33)21-23(32)17-8-15(11-28)9-18-22(17)30(25(21)34)13-19(35-18)16-6-4-14(10-27)5-7-16/h4-9,19,32H,12-13H2,1-3H3,(H,29,33). The number of nitrogens with zero attached hydrogens (tertiary/aromatic N) is 3. The summed E-state index contributed by atoms with van der Waals surface area (Å²) >= 11 is 0. The van der Waals surface area contributed by atoms with Crippen molar-refractivity contribution in [1.29, 1.82) is 10.5 Å². The number of carbonyl (C=O) groups is 2.